The Hall–Kier alpha value is -2.22. The fraction of sp³-hybridized carbons (Fsp3) is 0.125. The van der Waals surface area contributed by atoms with E-state index in [-0.39, 0.29) is 0 Å². The lowest BCUT2D eigenvalue weighted by Gasteiger charge is -2.09. The van der Waals surface area contributed by atoms with Crippen LogP contribution in [0, 0.1) is 0 Å². The van der Waals surface area contributed by atoms with Gasteiger partial charge in [0.25, 0.3) is 0 Å². The molecule has 0 aliphatic heterocycles. The molecule has 2 rings (SSSR count). The first-order valence-corrected chi connectivity index (χ1v) is 5.80. The highest BCUT2D eigenvalue weighted by Gasteiger charge is 2.02. The summed E-state index contributed by atoms with van der Waals surface area (Å²) in [5, 5.41) is 0. The standard InChI is InChI=1S/C16H16O2/c1-3-14-11-15(9-10-16(14)17-2)18-12-13-7-5-4-6-8-13/h3-11H,1,12H2,2H3. The summed E-state index contributed by atoms with van der Waals surface area (Å²) in [6.45, 7) is 4.32. The molecular formula is C16H16O2. The van der Waals surface area contributed by atoms with E-state index in [9.17, 15) is 0 Å². The van der Waals surface area contributed by atoms with Gasteiger partial charge in [0.2, 0.25) is 0 Å². The molecule has 0 spiro atoms. The van der Waals surface area contributed by atoms with E-state index in [1.54, 1.807) is 13.2 Å². The molecule has 2 nitrogen and oxygen atoms in total. The normalized spacial score (nSPS) is 9.83. The monoisotopic (exact) mass is 240 g/mol. The molecule has 18 heavy (non-hydrogen) atoms. The molecule has 2 aromatic carbocycles. The van der Waals surface area contributed by atoms with Gasteiger partial charge >= 0.3 is 0 Å². The van der Waals surface area contributed by atoms with Gasteiger partial charge in [0.05, 0.1) is 7.11 Å². The molecule has 0 bridgehead atoms. The van der Waals surface area contributed by atoms with E-state index in [0.29, 0.717) is 6.61 Å². The van der Waals surface area contributed by atoms with E-state index in [2.05, 4.69) is 6.58 Å². The van der Waals surface area contributed by atoms with Crippen LogP contribution in [0.5, 0.6) is 11.5 Å². The van der Waals surface area contributed by atoms with Crippen LogP contribution in [0.25, 0.3) is 6.08 Å². The van der Waals surface area contributed by atoms with E-state index >= 15 is 0 Å². The lowest BCUT2D eigenvalue weighted by Crippen LogP contribution is -1.96. The summed E-state index contributed by atoms with van der Waals surface area (Å²) in [5.41, 5.74) is 2.08. The summed E-state index contributed by atoms with van der Waals surface area (Å²) in [6, 6.07) is 15.8. The third-order valence-electron chi connectivity index (χ3n) is 2.67. The average Bonchev–Trinajstić information content (AvgIpc) is 2.45. The zero-order valence-electron chi connectivity index (χ0n) is 10.4. The quantitative estimate of drug-likeness (QED) is 0.788. The fourth-order valence-corrected chi connectivity index (χ4v) is 1.70. The highest BCUT2D eigenvalue weighted by molar-refractivity contribution is 5.58. The van der Waals surface area contributed by atoms with E-state index < -0.39 is 0 Å². The van der Waals surface area contributed by atoms with Crippen LogP contribution >= 0.6 is 0 Å². The maximum atomic E-state index is 5.73. The lowest BCUT2D eigenvalue weighted by molar-refractivity contribution is 0.305. The smallest absolute Gasteiger partial charge is 0.126 e. The van der Waals surface area contributed by atoms with Gasteiger partial charge in [0, 0.05) is 5.56 Å². The minimum absolute atomic E-state index is 0.559. The number of hydrogen-bond acceptors (Lipinski definition) is 2. The minimum atomic E-state index is 0.559. The molecule has 0 N–H and O–H groups in total. The third kappa shape index (κ3) is 2.92. The number of methoxy groups -OCH3 is 1. The molecule has 0 radical (unpaired) electrons. The maximum absolute atomic E-state index is 5.73. The molecule has 2 aromatic rings. The van der Waals surface area contributed by atoms with E-state index in [1.807, 2.05) is 48.5 Å². The Kier molecular flexibility index (Phi) is 4.02. The maximum Gasteiger partial charge on any atom is 0.126 e. The van der Waals surface area contributed by atoms with Crippen molar-refractivity contribution in [2.24, 2.45) is 0 Å². The van der Waals surface area contributed by atoms with E-state index in [4.69, 9.17) is 9.47 Å². The van der Waals surface area contributed by atoms with Crippen LogP contribution in [0.2, 0.25) is 0 Å². The molecule has 0 unspecified atom stereocenters. The van der Waals surface area contributed by atoms with Crippen molar-refractivity contribution in [1.82, 2.24) is 0 Å². The summed E-state index contributed by atoms with van der Waals surface area (Å²) in [7, 11) is 1.65. The molecule has 0 aromatic heterocycles. The molecule has 92 valence electrons. The summed E-state index contributed by atoms with van der Waals surface area (Å²) >= 11 is 0. The van der Waals surface area contributed by atoms with Crippen molar-refractivity contribution in [1.29, 1.82) is 0 Å². The van der Waals surface area contributed by atoms with Crippen LogP contribution in [-0.4, -0.2) is 7.11 Å². The second-order valence-corrected chi connectivity index (χ2v) is 3.88. The van der Waals surface area contributed by atoms with Crippen LogP contribution < -0.4 is 9.47 Å². The second-order valence-electron chi connectivity index (χ2n) is 3.88. The fourth-order valence-electron chi connectivity index (χ4n) is 1.70. The predicted octanol–water partition coefficient (Wildman–Crippen LogP) is 3.92. The SMILES string of the molecule is C=Cc1cc(OCc2ccccc2)ccc1OC. The molecule has 2 heteroatoms. The Bertz CT molecular complexity index is 518. The molecule has 0 atom stereocenters. The number of ether oxygens (including phenoxy) is 2. The van der Waals surface area contributed by atoms with Crippen molar-refractivity contribution < 1.29 is 9.47 Å². The van der Waals surface area contributed by atoms with E-state index in [0.717, 1.165) is 22.6 Å². The van der Waals surface area contributed by atoms with Gasteiger partial charge < -0.3 is 9.47 Å². The van der Waals surface area contributed by atoms with Crippen LogP contribution in [0.1, 0.15) is 11.1 Å². The van der Waals surface area contributed by atoms with Gasteiger partial charge in [-0.2, -0.15) is 0 Å². The Morgan fingerprint density at radius 1 is 1.11 bits per heavy atom. The van der Waals surface area contributed by atoms with Gasteiger partial charge in [-0.05, 0) is 23.8 Å². The molecule has 0 saturated heterocycles. The van der Waals surface area contributed by atoms with Crippen molar-refractivity contribution in [2.45, 2.75) is 6.61 Å². The first-order chi connectivity index (χ1) is 8.83. The van der Waals surface area contributed by atoms with E-state index in [1.165, 1.54) is 0 Å². The summed E-state index contributed by atoms with van der Waals surface area (Å²) in [4.78, 5) is 0. The third-order valence-corrected chi connectivity index (χ3v) is 2.67. The number of benzene rings is 2. The number of rotatable bonds is 5. The van der Waals surface area contributed by atoms with Crippen LogP contribution in [0.3, 0.4) is 0 Å². The first kappa shape index (κ1) is 12.2. The Morgan fingerprint density at radius 3 is 2.56 bits per heavy atom. The van der Waals surface area contributed by atoms with Gasteiger partial charge in [-0.1, -0.05) is 43.0 Å². The van der Waals surface area contributed by atoms with Gasteiger partial charge in [0.1, 0.15) is 18.1 Å². The predicted molar refractivity (Wildman–Crippen MR) is 73.9 cm³/mol. The number of hydrogen-bond donors (Lipinski definition) is 0. The van der Waals surface area contributed by atoms with Crippen LogP contribution in [0.15, 0.2) is 55.1 Å². The highest BCUT2D eigenvalue weighted by atomic mass is 16.5. The topological polar surface area (TPSA) is 18.5 Å². The second kappa shape index (κ2) is 5.92. The molecule has 0 fully saturated rings. The minimum Gasteiger partial charge on any atom is -0.496 e. The first-order valence-electron chi connectivity index (χ1n) is 5.80. The Balaban J connectivity index is 2.08. The molecule has 0 amide bonds. The molecule has 0 aliphatic rings. The zero-order chi connectivity index (χ0) is 12.8. The van der Waals surface area contributed by atoms with Crippen molar-refractivity contribution in [3.63, 3.8) is 0 Å². The molecule has 0 aliphatic carbocycles. The largest absolute Gasteiger partial charge is 0.496 e. The Morgan fingerprint density at radius 2 is 1.89 bits per heavy atom. The summed E-state index contributed by atoms with van der Waals surface area (Å²) in [6.07, 6.45) is 1.76. The van der Waals surface area contributed by atoms with Crippen molar-refractivity contribution in [3.8, 4) is 11.5 Å². The van der Waals surface area contributed by atoms with Crippen LogP contribution in [-0.2, 0) is 6.61 Å². The van der Waals surface area contributed by atoms with Crippen molar-refractivity contribution >= 4 is 6.08 Å². The van der Waals surface area contributed by atoms with Gasteiger partial charge in [-0.3, -0.25) is 0 Å². The van der Waals surface area contributed by atoms with Gasteiger partial charge in [0.15, 0.2) is 0 Å². The van der Waals surface area contributed by atoms with Crippen LogP contribution in [0.4, 0.5) is 0 Å². The molecular weight excluding hydrogens is 224 g/mol. The zero-order valence-corrected chi connectivity index (χ0v) is 10.4. The van der Waals surface area contributed by atoms with Crippen molar-refractivity contribution in [2.75, 3.05) is 7.11 Å². The lowest BCUT2D eigenvalue weighted by atomic mass is 10.2. The molecule has 0 saturated carbocycles. The Labute approximate surface area is 107 Å². The highest BCUT2D eigenvalue weighted by Crippen LogP contribution is 2.25. The summed E-state index contributed by atoms with van der Waals surface area (Å²) in [5.74, 6) is 1.62. The average molecular weight is 240 g/mol. The van der Waals surface area contributed by atoms with Crippen molar-refractivity contribution in [3.05, 3.63) is 66.2 Å². The summed E-state index contributed by atoms with van der Waals surface area (Å²) < 4.78 is 11.0. The van der Waals surface area contributed by atoms with Gasteiger partial charge in [-0.15, -0.1) is 0 Å². The van der Waals surface area contributed by atoms with Gasteiger partial charge in [-0.25, -0.2) is 0 Å². The molecule has 0 heterocycles.